The van der Waals surface area contributed by atoms with E-state index >= 15 is 0 Å². The number of sulfonamides is 1. The molecule has 0 saturated heterocycles. The Kier molecular flexibility index (Phi) is 11.4. The van der Waals surface area contributed by atoms with E-state index in [0.717, 1.165) is 44.1 Å². The Balaban J connectivity index is 2.21. The van der Waals surface area contributed by atoms with E-state index in [0.29, 0.717) is 18.4 Å². The van der Waals surface area contributed by atoms with Gasteiger partial charge in [0, 0.05) is 12.1 Å². The van der Waals surface area contributed by atoms with Crippen molar-refractivity contribution in [2.75, 3.05) is 11.0 Å². The number of nitrogens with zero attached hydrogens (tertiary/aromatic N) is 1. The standard InChI is InChI=1S/C26H35F4N3O4S/c1-5-7-9-20(10-8-6-2)37-25-19(12-14-23(32-25)26(28,29)30)16-31-24(34)17(3)18-11-13-22(21(27)15-18)33-38(4,35)36/h11-15,17,20,33H,5-10,16H2,1-4H3,(H,31,34). The van der Waals surface area contributed by atoms with Crippen molar-refractivity contribution in [3.8, 4) is 5.88 Å². The number of alkyl halides is 3. The Morgan fingerprint density at radius 3 is 2.24 bits per heavy atom. The predicted molar refractivity (Wildman–Crippen MR) is 138 cm³/mol. The van der Waals surface area contributed by atoms with Crippen molar-refractivity contribution in [1.29, 1.82) is 0 Å². The third-order valence-corrected chi connectivity index (χ3v) is 6.49. The molecular weight excluding hydrogens is 526 g/mol. The first kappa shape index (κ1) is 31.3. The number of hydrogen-bond acceptors (Lipinski definition) is 5. The normalized spacial score (nSPS) is 12.9. The zero-order valence-electron chi connectivity index (χ0n) is 22.0. The number of ether oxygens (including phenoxy) is 1. The molecule has 2 rings (SSSR count). The number of carbonyl (C=O) groups is 1. The van der Waals surface area contributed by atoms with Crippen molar-refractivity contribution in [3.05, 3.63) is 53.0 Å². The molecule has 1 amide bonds. The van der Waals surface area contributed by atoms with E-state index in [1.54, 1.807) is 0 Å². The molecule has 1 atom stereocenters. The molecule has 1 aromatic heterocycles. The minimum atomic E-state index is -4.65. The molecule has 0 saturated carbocycles. The van der Waals surface area contributed by atoms with E-state index in [4.69, 9.17) is 4.74 Å². The van der Waals surface area contributed by atoms with Crippen LogP contribution < -0.4 is 14.8 Å². The number of unbranched alkanes of at least 4 members (excludes halogenated alkanes) is 2. The van der Waals surface area contributed by atoms with Crippen LogP contribution in [0.4, 0.5) is 23.2 Å². The van der Waals surface area contributed by atoms with Gasteiger partial charge in [-0.3, -0.25) is 9.52 Å². The van der Waals surface area contributed by atoms with Crippen LogP contribution in [0.15, 0.2) is 30.3 Å². The first-order valence-electron chi connectivity index (χ1n) is 12.5. The van der Waals surface area contributed by atoms with Crippen LogP contribution in [0.1, 0.15) is 82.0 Å². The van der Waals surface area contributed by atoms with Crippen LogP contribution in [0.5, 0.6) is 5.88 Å². The summed E-state index contributed by atoms with van der Waals surface area (Å²) in [4.78, 5) is 16.5. The van der Waals surface area contributed by atoms with Crippen LogP contribution in [-0.4, -0.2) is 31.7 Å². The van der Waals surface area contributed by atoms with Gasteiger partial charge in [0.25, 0.3) is 0 Å². The van der Waals surface area contributed by atoms with Crippen molar-refractivity contribution in [1.82, 2.24) is 10.3 Å². The highest BCUT2D eigenvalue weighted by atomic mass is 32.2. The van der Waals surface area contributed by atoms with E-state index in [9.17, 15) is 30.8 Å². The largest absolute Gasteiger partial charge is 0.474 e. The van der Waals surface area contributed by atoms with Crippen LogP contribution in [-0.2, 0) is 27.5 Å². The maximum Gasteiger partial charge on any atom is 0.433 e. The van der Waals surface area contributed by atoms with Gasteiger partial charge in [-0.05, 0) is 49.6 Å². The molecule has 38 heavy (non-hydrogen) atoms. The van der Waals surface area contributed by atoms with Crippen molar-refractivity contribution in [3.63, 3.8) is 0 Å². The average Bonchev–Trinajstić information content (AvgIpc) is 2.83. The number of amides is 1. The van der Waals surface area contributed by atoms with Crippen LogP contribution in [0.25, 0.3) is 0 Å². The lowest BCUT2D eigenvalue weighted by atomic mass is 9.99. The number of rotatable bonds is 14. The number of benzene rings is 1. The fraction of sp³-hybridized carbons (Fsp3) is 0.538. The SMILES string of the molecule is CCCCC(CCCC)Oc1nc(C(F)(F)F)ccc1CNC(=O)C(C)c1ccc(NS(C)(=O)=O)c(F)c1. The summed E-state index contributed by atoms with van der Waals surface area (Å²) < 4.78 is 85.1. The van der Waals surface area contributed by atoms with Gasteiger partial charge in [-0.2, -0.15) is 13.2 Å². The average molecular weight is 562 g/mol. The van der Waals surface area contributed by atoms with E-state index in [1.807, 2.05) is 18.6 Å². The van der Waals surface area contributed by atoms with Crippen LogP contribution in [0.3, 0.4) is 0 Å². The van der Waals surface area contributed by atoms with Crippen LogP contribution >= 0.6 is 0 Å². The number of pyridine rings is 1. The molecule has 0 fully saturated rings. The minimum absolute atomic E-state index is 0.145. The van der Waals surface area contributed by atoms with Gasteiger partial charge >= 0.3 is 6.18 Å². The van der Waals surface area contributed by atoms with Gasteiger partial charge in [-0.15, -0.1) is 0 Å². The van der Waals surface area contributed by atoms with Crippen molar-refractivity contribution in [2.24, 2.45) is 0 Å². The predicted octanol–water partition coefficient (Wildman–Crippen LogP) is 6.16. The summed E-state index contributed by atoms with van der Waals surface area (Å²) in [6.07, 6.45) is 0.807. The molecule has 1 heterocycles. The molecule has 0 bridgehead atoms. The molecule has 2 N–H and O–H groups in total. The highest BCUT2D eigenvalue weighted by molar-refractivity contribution is 7.92. The fourth-order valence-electron chi connectivity index (χ4n) is 3.72. The van der Waals surface area contributed by atoms with Crippen molar-refractivity contribution in [2.45, 2.75) is 84.0 Å². The third kappa shape index (κ3) is 9.77. The van der Waals surface area contributed by atoms with Gasteiger partial charge in [-0.1, -0.05) is 45.6 Å². The molecule has 0 aliphatic rings. The Morgan fingerprint density at radius 2 is 1.71 bits per heavy atom. The second-order valence-corrected chi connectivity index (χ2v) is 11.0. The first-order valence-corrected chi connectivity index (χ1v) is 14.4. The smallest absolute Gasteiger partial charge is 0.433 e. The third-order valence-electron chi connectivity index (χ3n) is 5.90. The number of aromatic nitrogens is 1. The number of carbonyl (C=O) groups excluding carboxylic acids is 1. The lowest BCUT2D eigenvalue weighted by Crippen LogP contribution is -2.28. The summed E-state index contributed by atoms with van der Waals surface area (Å²) in [5, 5.41) is 2.65. The van der Waals surface area contributed by atoms with Crippen LogP contribution in [0, 0.1) is 5.82 Å². The van der Waals surface area contributed by atoms with Gasteiger partial charge in [0.2, 0.25) is 21.8 Å². The number of halogens is 4. The molecule has 12 heteroatoms. The summed E-state index contributed by atoms with van der Waals surface area (Å²) in [7, 11) is -3.68. The van der Waals surface area contributed by atoms with Crippen molar-refractivity contribution < 1.29 is 35.5 Å². The molecule has 0 spiro atoms. The molecule has 7 nitrogen and oxygen atoms in total. The van der Waals surface area contributed by atoms with Gasteiger partial charge in [0.15, 0.2) is 0 Å². The van der Waals surface area contributed by atoms with Gasteiger partial charge < -0.3 is 10.1 Å². The molecule has 1 aromatic carbocycles. The van der Waals surface area contributed by atoms with E-state index < -0.39 is 39.5 Å². The second-order valence-electron chi connectivity index (χ2n) is 9.24. The van der Waals surface area contributed by atoms with Crippen LogP contribution in [0.2, 0.25) is 0 Å². The Bertz CT molecular complexity index is 1180. The van der Waals surface area contributed by atoms with E-state index in [2.05, 4.69) is 10.3 Å². The summed E-state index contributed by atoms with van der Waals surface area (Å²) in [6.45, 7) is 5.42. The zero-order chi connectivity index (χ0) is 28.5. The molecule has 0 aliphatic carbocycles. The summed E-state index contributed by atoms with van der Waals surface area (Å²) in [5.41, 5.74) is -0.753. The van der Waals surface area contributed by atoms with Gasteiger partial charge in [0.05, 0.1) is 17.9 Å². The number of hydrogen-bond donors (Lipinski definition) is 2. The second kappa shape index (κ2) is 13.8. The minimum Gasteiger partial charge on any atom is -0.474 e. The maximum atomic E-state index is 14.4. The van der Waals surface area contributed by atoms with Crippen molar-refractivity contribution >= 4 is 21.6 Å². The molecule has 212 valence electrons. The quantitative estimate of drug-likeness (QED) is 0.269. The maximum absolute atomic E-state index is 14.4. The summed E-state index contributed by atoms with van der Waals surface area (Å²) in [6, 6.07) is 5.76. The first-order chi connectivity index (χ1) is 17.7. The molecule has 0 radical (unpaired) electrons. The monoisotopic (exact) mass is 561 g/mol. The van der Waals surface area contributed by atoms with Gasteiger partial charge in [0.1, 0.15) is 17.6 Å². The highest BCUT2D eigenvalue weighted by Crippen LogP contribution is 2.31. The zero-order valence-corrected chi connectivity index (χ0v) is 22.8. The molecule has 0 aliphatic heterocycles. The molecular formula is C26H35F4N3O4S. The Morgan fingerprint density at radius 1 is 1.08 bits per heavy atom. The summed E-state index contributed by atoms with van der Waals surface area (Å²) in [5.74, 6) is -2.36. The lowest BCUT2D eigenvalue weighted by Gasteiger charge is -2.21. The Hall–Kier alpha value is -2.89. The van der Waals surface area contributed by atoms with Gasteiger partial charge in [-0.25, -0.2) is 17.8 Å². The molecule has 2 aromatic rings. The fourth-order valence-corrected chi connectivity index (χ4v) is 4.28. The highest BCUT2D eigenvalue weighted by Gasteiger charge is 2.33. The summed E-state index contributed by atoms with van der Waals surface area (Å²) >= 11 is 0. The topological polar surface area (TPSA) is 97.4 Å². The van der Waals surface area contributed by atoms with E-state index in [-0.39, 0.29) is 29.8 Å². The molecule has 1 unspecified atom stereocenters. The number of nitrogens with one attached hydrogen (secondary N) is 2. The van der Waals surface area contributed by atoms with E-state index in [1.165, 1.54) is 25.1 Å². The Labute approximate surface area is 221 Å². The number of anilines is 1. The lowest BCUT2D eigenvalue weighted by molar-refractivity contribution is -0.141.